The van der Waals surface area contributed by atoms with E-state index < -0.39 is 0 Å². The molecular weight excluding hydrogens is 204 g/mol. The van der Waals surface area contributed by atoms with Gasteiger partial charge < -0.3 is 11.1 Å². The molecule has 0 atom stereocenters. The van der Waals surface area contributed by atoms with Crippen molar-refractivity contribution >= 4 is 5.91 Å². The summed E-state index contributed by atoms with van der Waals surface area (Å²) in [5.41, 5.74) is 6.37. The molecule has 0 spiro atoms. The second-order valence-corrected chi connectivity index (χ2v) is 4.75. The van der Waals surface area contributed by atoms with Crippen molar-refractivity contribution in [2.75, 3.05) is 0 Å². The standard InChI is InChI=1S/C11H20N4O/c1-11(2,12)6-4-10(16)13-8-9-5-7-15(3)14-9/h5,7H,4,6,8,12H2,1-3H3,(H,13,16). The van der Waals surface area contributed by atoms with Crippen LogP contribution in [-0.4, -0.2) is 21.2 Å². The number of rotatable bonds is 5. The van der Waals surface area contributed by atoms with Gasteiger partial charge in [0.1, 0.15) is 0 Å². The Balaban J connectivity index is 2.25. The van der Waals surface area contributed by atoms with Crippen LogP contribution < -0.4 is 11.1 Å². The molecule has 0 aliphatic carbocycles. The molecule has 0 aliphatic heterocycles. The summed E-state index contributed by atoms with van der Waals surface area (Å²) in [5.74, 6) is 0.0178. The Bertz CT molecular complexity index is 351. The number of carbonyl (C=O) groups is 1. The van der Waals surface area contributed by atoms with Crippen molar-refractivity contribution in [1.29, 1.82) is 0 Å². The fourth-order valence-corrected chi connectivity index (χ4v) is 1.27. The van der Waals surface area contributed by atoms with Gasteiger partial charge in [0.2, 0.25) is 5.91 Å². The van der Waals surface area contributed by atoms with Crippen molar-refractivity contribution in [3.05, 3.63) is 18.0 Å². The maximum absolute atomic E-state index is 11.5. The van der Waals surface area contributed by atoms with Gasteiger partial charge in [0.15, 0.2) is 0 Å². The highest BCUT2D eigenvalue weighted by atomic mass is 16.1. The molecule has 1 rings (SSSR count). The minimum atomic E-state index is -0.289. The van der Waals surface area contributed by atoms with Gasteiger partial charge in [-0.15, -0.1) is 0 Å². The van der Waals surface area contributed by atoms with E-state index in [1.165, 1.54) is 0 Å². The van der Waals surface area contributed by atoms with Crippen molar-refractivity contribution in [1.82, 2.24) is 15.1 Å². The molecule has 16 heavy (non-hydrogen) atoms. The zero-order valence-corrected chi connectivity index (χ0v) is 10.2. The molecule has 0 aliphatic rings. The highest BCUT2D eigenvalue weighted by Gasteiger charge is 2.13. The largest absolute Gasteiger partial charge is 0.350 e. The van der Waals surface area contributed by atoms with Crippen molar-refractivity contribution < 1.29 is 4.79 Å². The predicted molar refractivity (Wildman–Crippen MR) is 62.6 cm³/mol. The molecule has 0 radical (unpaired) electrons. The summed E-state index contributed by atoms with van der Waals surface area (Å²) in [5, 5.41) is 6.98. The molecule has 0 bridgehead atoms. The smallest absolute Gasteiger partial charge is 0.220 e. The molecule has 0 aromatic carbocycles. The maximum Gasteiger partial charge on any atom is 0.220 e. The Morgan fingerprint density at radius 1 is 1.62 bits per heavy atom. The average Bonchev–Trinajstić information content (AvgIpc) is 2.57. The first kappa shape index (κ1) is 12.7. The summed E-state index contributed by atoms with van der Waals surface area (Å²) < 4.78 is 1.71. The summed E-state index contributed by atoms with van der Waals surface area (Å²) in [6.07, 6.45) is 2.99. The van der Waals surface area contributed by atoms with Crippen LogP contribution in [0.4, 0.5) is 0 Å². The minimum absolute atomic E-state index is 0.0178. The first-order valence-electron chi connectivity index (χ1n) is 5.41. The third-order valence-corrected chi connectivity index (χ3v) is 2.23. The van der Waals surface area contributed by atoms with E-state index in [1.807, 2.05) is 33.2 Å². The van der Waals surface area contributed by atoms with Crippen molar-refractivity contribution in [3.63, 3.8) is 0 Å². The number of nitrogens with one attached hydrogen (secondary N) is 1. The second kappa shape index (κ2) is 5.12. The van der Waals surface area contributed by atoms with Gasteiger partial charge in [-0.2, -0.15) is 5.10 Å². The van der Waals surface area contributed by atoms with Crippen LogP contribution in [0, 0.1) is 0 Å². The van der Waals surface area contributed by atoms with Crippen molar-refractivity contribution in [2.24, 2.45) is 12.8 Å². The summed E-state index contributed by atoms with van der Waals surface area (Å²) in [6.45, 7) is 4.31. The molecule has 1 aromatic heterocycles. The number of nitrogens with two attached hydrogens (primary N) is 1. The molecule has 0 fully saturated rings. The van der Waals surface area contributed by atoms with Gasteiger partial charge >= 0.3 is 0 Å². The van der Waals surface area contributed by atoms with Crippen LogP contribution in [0.1, 0.15) is 32.4 Å². The van der Waals surface area contributed by atoms with Crippen LogP contribution in [-0.2, 0) is 18.4 Å². The van der Waals surface area contributed by atoms with Gasteiger partial charge in [0.25, 0.3) is 0 Å². The molecule has 0 saturated heterocycles. The van der Waals surface area contributed by atoms with E-state index in [2.05, 4.69) is 10.4 Å². The fourth-order valence-electron chi connectivity index (χ4n) is 1.27. The van der Waals surface area contributed by atoms with Gasteiger partial charge in [0, 0.05) is 25.2 Å². The summed E-state index contributed by atoms with van der Waals surface area (Å²) in [7, 11) is 1.85. The number of hydrogen-bond donors (Lipinski definition) is 2. The Morgan fingerprint density at radius 3 is 2.81 bits per heavy atom. The molecular formula is C11H20N4O. The Labute approximate surface area is 96.0 Å². The van der Waals surface area contributed by atoms with Gasteiger partial charge in [0.05, 0.1) is 12.2 Å². The van der Waals surface area contributed by atoms with Crippen LogP contribution in [0.25, 0.3) is 0 Å². The molecule has 1 amide bonds. The lowest BCUT2D eigenvalue weighted by Gasteiger charge is -2.17. The highest BCUT2D eigenvalue weighted by Crippen LogP contribution is 2.06. The van der Waals surface area contributed by atoms with Gasteiger partial charge in [-0.3, -0.25) is 9.48 Å². The van der Waals surface area contributed by atoms with E-state index in [0.717, 1.165) is 5.69 Å². The number of carbonyl (C=O) groups excluding carboxylic acids is 1. The van der Waals surface area contributed by atoms with Crippen LogP contribution in [0.15, 0.2) is 12.3 Å². The Morgan fingerprint density at radius 2 is 2.31 bits per heavy atom. The lowest BCUT2D eigenvalue weighted by atomic mass is 10.00. The van der Waals surface area contributed by atoms with Gasteiger partial charge in [-0.25, -0.2) is 0 Å². The maximum atomic E-state index is 11.5. The van der Waals surface area contributed by atoms with Crippen LogP contribution in [0.5, 0.6) is 0 Å². The SMILES string of the molecule is Cn1ccc(CNC(=O)CCC(C)(C)N)n1. The van der Waals surface area contributed by atoms with Crippen molar-refractivity contribution in [3.8, 4) is 0 Å². The number of hydrogen-bond acceptors (Lipinski definition) is 3. The van der Waals surface area contributed by atoms with E-state index in [1.54, 1.807) is 4.68 Å². The van der Waals surface area contributed by atoms with Crippen LogP contribution in [0.2, 0.25) is 0 Å². The Kier molecular flexibility index (Phi) is 4.06. The van der Waals surface area contributed by atoms with Crippen molar-refractivity contribution in [2.45, 2.75) is 38.8 Å². The first-order chi connectivity index (χ1) is 7.37. The number of aryl methyl sites for hydroxylation is 1. The third-order valence-electron chi connectivity index (χ3n) is 2.23. The quantitative estimate of drug-likeness (QED) is 0.767. The lowest BCUT2D eigenvalue weighted by Crippen LogP contribution is -2.34. The first-order valence-corrected chi connectivity index (χ1v) is 5.41. The molecule has 90 valence electrons. The third kappa shape index (κ3) is 4.93. The molecule has 0 unspecified atom stereocenters. The Hall–Kier alpha value is -1.36. The minimum Gasteiger partial charge on any atom is -0.350 e. The van der Waals surface area contributed by atoms with Crippen LogP contribution in [0.3, 0.4) is 0 Å². The lowest BCUT2D eigenvalue weighted by molar-refractivity contribution is -0.121. The molecule has 5 heteroatoms. The molecule has 0 saturated carbocycles. The monoisotopic (exact) mass is 224 g/mol. The topological polar surface area (TPSA) is 72.9 Å². The second-order valence-electron chi connectivity index (χ2n) is 4.75. The van der Waals surface area contributed by atoms with E-state index in [-0.39, 0.29) is 11.4 Å². The zero-order chi connectivity index (χ0) is 12.2. The average molecular weight is 224 g/mol. The predicted octanol–water partition coefficient (Wildman–Crippen LogP) is 0.554. The molecule has 3 N–H and O–H groups in total. The summed E-state index contributed by atoms with van der Waals surface area (Å²) in [6, 6.07) is 1.88. The van der Waals surface area contributed by atoms with Gasteiger partial charge in [-0.1, -0.05) is 0 Å². The van der Waals surface area contributed by atoms with Gasteiger partial charge in [-0.05, 0) is 26.3 Å². The molecule has 5 nitrogen and oxygen atoms in total. The summed E-state index contributed by atoms with van der Waals surface area (Å²) in [4.78, 5) is 11.5. The number of aromatic nitrogens is 2. The number of amides is 1. The highest BCUT2D eigenvalue weighted by molar-refractivity contribution is 5.75. The zero-order valence-electron chi connectivity index (χ0n) is 10.2. The van der Waals surface area contributed by atoms with E-state index in [4.69, 9.17) is 5.73 Å². The fraction of sp³-hybridized carbons (Fsp3) is 0.636. The number of nitrogens with zero attached hydrogens (tertiary/aromatic N) is 2. The summed E-state index contributed by atoms with van der Waals surface area (Å²) >= 11 is 0. The normalized spacial score (nSPS) is 11.5. The van der Waals surface area contributed by atoms with E-state index in [9.17, 15) is 4.79 Å². The van der Waals surface area contributed by atoms with Crippen LogP contribution >= 0.6 is 0 Å². The molecule has 1 heterocycles. The van der Waals surface area contributed by atoms with E-state index >= 15 is 0 Å². The van der Waals surface area contributed by atoms with E-state index in [0.29, 0.717) is 19.4 Å². The molecule has 1 aromatic rings.